The Balaban J connectivity index is 1.62. The van der Waals surface area contributed by atoms with Crippen molar-refractivity contribution < 1.29 is 4.79 Å². The second kappa shape index (κ2) is 6.53. The zero-order valence-corrected chi connectivity index (χ0v) is 13.7. The zero-order chi connectivity index (χ0) is 15.4. The van der Waals surface area contributed by atoms with Crippen LogP contribution in [0.3, 0.4) is 0 Å². The van der Waals surface area contributed by atoms with E-state index >= 15 is 0 Å². The molecule has 1 saturated carbocycles. The summed E-state index contributed by atoms with van der Waals surface area (Å²) in [6.45, 7) is 2.73. The highest BCUT2D eigenvalue weighted by Crippen LogP contribution is 2.42. The van der Waals surface area contributed by atoms with Crippen molar-refractivity contribution in [2.45, 2.75) is 38.0 Å². The molecule has 2 N–H and O–H groups in total. The van der Waals surface area contributed by atoms with Gasteiger partial charge >= 0.3 is 6.03 Å². The molecule has 0 bridgehead atoms. The van der Waals surface area contributed by atoms with Gasteiger partial charge in [-0.1, -0.05) is 31.0 Å². The first-order chi connectivity index (χ1) is 10.7. The molecule has 2 aromatic rings. The molecule has 1 heterocycles. The standard InChI is InChI=1S/C18H22N2OS/c1-14-6-4-7-15(12-14)20-17(21)19-13-18(9-2-3-10-18)16-8-5-11-22-16/h4-8,11-12H,2-3,9-10,13H2,1H3,(H2,19,20,21). The fourth-order valence-corrected chi connectivity index (χ4v) is 4.28. The molecule has 0 spiro atoms. The van der Waals surface area contributed by atoms with Crippen molar-refractivity contribution in [3.63, 3.8) is 0 Å². The van der Waals surface area contributed by atoms with Crippen LogP contribution in [0.5, 0.6) is 0 Å². The molecule has 22 heavy (non-hydrogen) atoms. The molecule has 3 rings (SSSR count). The maximum Gasteiger partial charge on any atom is 0.319 e. The number of anilines is 1. The molecule has 1 aromatic heterocycles. The van der Waals surface area contributed by atoms with E-state index in [0.29, 0.717) is 6.54 Å². The van der Waals surface area contributed by atoms with Gasteiger partial charge in [0.2, 0.25) is 0 Å². The summed E-state index contributed by atoms with van der Waals surface area (Å²) >= 11 is 1.80. The van der Waals surface area contributed by atoms with Gasteiger partial charge in [0.1, 0.15) is 0 Å². The number of aryl methyl sites for hydroxylation is 1. The van der Waals surface area contributed by atoms with Gasteiger partial charge < -0.3 is 10.6 Å². The van der Waals surface area contributed by atoms with E-state index in [0.717, 1.165) is 24.1 Å². The highest BCUT2D eigenvalue weighted by Gasteiger charge is 2.36. The maximum atomic E-state index is 12.2. The van der Waals surface area contributed by atoms with Gasteiger partial charge in [0, 0.05) is 22.5 Å². The SMILES string of the molecule is Cc1cccc(NC(=O)NCC2(c3cccs3)CCCC2)c1. The van der Waals surface area contributed by atoms with Crippen LogP contribution in [-0.4, -0.2) is 12.6 Å². The Kier molecular flexibility index (Phi) is 4.48. The van der Waals surface area contributed by atoms with Crippen molar-refractivity contribution in [2.24, 2.45) is 0 Å². The number of nitrogens with one attached hydrogen (secondary N) is 2. The Morgan fingerprint density at radius 3 is 2.73 bits per heavy atom. The molecular weight excluding hydrogens is 292 g/mol. The highest BCUT2D eigenvalue weighted by atomic mass is 32.1. The van der Waals surface area contributed by atoms with Gasteiger partial charge in [-0.3, -0.25) is 0 Å². The Hall–Kier alpha value is -1.81. The fraction of sp³-hybridized carbons (Fsp3) is 0.389. The van der Waals surface area contributed by atoms with E-state index in [2.05, 4.69) is 28.1 Å². The maximum absolute atomic E-state index is 12.2. The zero-order valence-electron chi connectivity index (χ0n) is 12.9. The summed E-state index contributed by atoms with van der Waals surface area (Å²) in [6, 6.07) is 12.1. The number of hydrogen-bond acceptors (Lipinski definition) is 2. The lowest BCUT2D eigenvalue weighted by Crippen LogP contribution is -2.40. The molecule has 0 radical (unpaired) electrons. The third-order valence-corrected chi connectivity index (χ3v) is 5.58. The number of benzene rings is 1. The van der Waals surface area contributed by atoms with Crippen molar-refractivity contribution in [1.82, 2.24) is 5.32 Å². The smallest absolute Gasteiger partial charge is 0.319 e. The lowest BCUT2D eigenvalue weighted by atomic mass is 9.84. The lowest BCUT2D eigenvalue weighted by Gasteiger charge is -2.28. The summed E-state index contributed by atoms with van der Waals surface area (Å²) in [7, 11) is 0. The van der Waals surface area contributed by atoms with E-state index in [-0.39, 0.29) is 11.4 Å². The van der Waals surface area contributed by atoms with Crippen LogP contribution >= 0.6 is 11.3 Å². The molecule has 0 saturated heterocycles. The summed E-state index contributed by atoms with van der Waals surface area (Å²) in [4.78, 5) is 13.6. The second-order valence-corrected chi connectivity index (χ2v) is 7.09. The van der Waals surface area contributed by atoms with Crippen LogP contribution in [0.2, 0.25) is 0 Å². The molecule has 1 aromatic carbocycles. The van der Waals surface area contributed by atoms with Crippen LogP contribution in [0.4, 0.5) is 10.5 Å². The minimum Gasteiger partial charge on any atom is -0.337 e. The number of amides is 2. The van der Waals surface area contributed by atoms with E-state index in [1.165, 1.54) is 17.7 Å². The molecule has 0 unspecified atom stereocenters. The van der Waals surface area contributed by atoms with Crippen LogP contribution < -0.4 is 10.6 Å². The second-order valence-electron chi connectivity index (χ2n) is 6.14. The average Bonchev–Trinajstić information content (AvgIpc) is 3.17. The number of carbonyl (C=O) groups excluding carboxylic acids is 1. The third-order valence-electron chi connectivity index (χ3n) is 4.47. The minimum absolute atomic E-state index is 0.117. The first-order valence-electron chi connectivity index (χ1n) is 7.83. The quantitative estimate of drug-likeness (QED) is 0.844. The molecule has 1 fully saturated rings. The molecular formula is C18H22N2OS. The number of thiophene rings is 1. The largest absolute Gasteiger partial charge is 0.337 e. The summed E-state index contributed by atoms with van der Waals surface area (Å²) in [5, 5.41) is 8.13. The molecule has 0 atom stereocenters. The van der Waals surface area contributed by atoms with Gasteiger partial charge in [0.05, 0.1) is 0 Å². The van der Waals surface area contributed by atoms with E-state index in [9.17, 15) is 4.79 Å². The lowest BCUT2D eigenvalue weighted by molar-refractivity contribution is 0.248. The van der Waals surface area contributed by atoms with Crippen LogP contribution in [0.15, 0.2) is 41.8 Å². The highest BCUT2D eigenvalue weighted by molar-refractivity contribution is 7.10. The summed E-state index contributed by atoms with van der Waals surface area (Å²) < 4.78 is 0. The fourth-order valence-electron chi connectivity index (χ4n) is 3.29. The van der Waals surface area contributed by atoms with Crippen molar-refractivity contribution in [3.8, 4) is 0 Å². The number of urea groups is 1. The Labute approximate surface area is 135 Å². The van der Waals surface area contributed by atoms with Crippen molar-refractivity contribution in [2.75, 3.05) is 11.9 Å². The van der Waals surface area contributed by atoms with E-state index in [4.69, 9.17) is 0 Å². The predicted octanol–water partition coefficient (Wildman–Crippen LogP) is 4.69. The van der Waals surface area contributed by atoms with Crippen LogP contribution in [0, 0.1) is 6.92 Å². The van der Waals surface area contributed by atoms with Gasteiger partial charge in [0.25, 0.3) is 0 Å². The van der Waals surface area contributed by atoms with Gasteiger partial charge in [-0.15, -0.1) is 11.3 Å². The normalized spacial score (nSPS) is 16.4. The first kappa shape index (κ1) is 15.1. The van der Waals surface area contributed by atoms with Gasteiger partial charge in [-0.25, -0.2) is 4.79 Å². The number of hydrogen-bond donors (Lipinski definition) is 2. The van der Waals surface area contributed by atoms with E-state index < -0.39 is 0 Å². The van der Waals surface area contributed by atoms with Crippen molar-refractivity contribution in [3.05, 3.63) is 52.2 Å². The van der Waals surface area contributed by atoms with Crippen molar-refractivity contribution in [1.29, 1.82) is 0 Å². The molecule has 2 amide bonds. The molecule has 1 aliphatic carbocycles. The molecule has 3 nitrogen and oxygen atoms in total. The van der Waals surface area contributed by atoms with Gasteiger partial charge in [-0.05, 0) is 48.9 Å². The van der Waals surface area contributed by atoms with Crippen molar-refractivity contribution >= 4 is 23.1 Å². The minimum atomic E-state index is -0.117. The topological polar surface area (TPSA) is 41.1 Å². The first-order valence-corrected chi connectivity index (χ1v) is 8.71. The van der Waals surface area contributed by atoms with Crippen LogP contribution in [0.1, 0.15) is 36.1 Å². The predicted molar refractivity (Wildman–Crippen MR) is 92.7 cm³/mol. The van der Waals surface area contributed by atoms with Crippen LogP contribution in [0.25, 0.3) is 0 Å². The number of rotatable bonds is 4. The summed E-state index contributed by atoms with van der Waals surface area (Å²) in [5.74, 6) is 0. The van der Waals surface area contributed by atoms with Gasteiger partial charge in [0.15, 0.2) is 0 Å². The monoisotopic (exact) mass is 314 g/mol. The van der Waals surface area contributed by atoms with Gasteiger partial charge in [-0.2, -0.15) is 0 Å². The Morgan fingerprint density at radius 2 is 2.05 bits per heavy atom. The van der Waals surface area contributed by atoms with E-state index in [1.54, 1.807) is 11.3 Å². The molecule has 1 aliphatic rings. The van der Waals surface area contributed by atoms with Crippen LogP contribution in [-0.2, 0) is 5.41 Å². The Bertz CT molecular complexity index is 630. The third kappa shape index (κ3) is 3.33. The summed E-state index contributed by atoms with van der Waals surface area (Å²) in [6.07, 6.45) is 4.83. The Morgan fingerprint density at radius 1 is 1.23 bits per heavy atom. The number of carbonyl (C=O) groups is 1. The summed E-state index contributed by atoms with van der Waals surface area (Å²) in [5.41, 5.74) is 2.12. The van der Waals surface area contributed by atoms with E-state index in [1.807, 2.05) is 31.2 Å². The molecule has 116 valence electrons. The molecule has 4 heteroatoms. The molecule has 0 aliphatic heterocycles. The average molecular weight is 314 g/mol.